The number of ketones is 4. The molecule has 0 saturated heterocycles. The van der Waals surface area contributed by atoms with E-state index in [1.807, 2.05) is 0 Å². The first kappa shape index (κ1) is 86.2. The minimum Gasteiger partial charge on any atom is -0.354 e. The number of hydrogen-bond acceptors (Lipinski definition) is 30. The fourth-order valence-electron chi connectivity index (χ4n) is 16.6. The Bertz CT molecular complexity index is 7220. The number of rotatable bonds is 24. The molecule has 0 aliphatic heterocycles. The van der Waals surface area contributed by atoms with E-state index in [1.54, 1.807) is 0 Å². The molecular formula is C79H64Cl2N14O24S6. The van der Waals surface area contributed by atoms with Crippen LogP contribution < -0.4 is 43.0 Å². The van der Waals surface area contributed by atoms with E-state index in [4.69, 9.17) is 23.2 Å². The molecule has 125 heavy (non-hydrogen) atoms. The quantitative estimate of drug-likeness (QED) is 0.0197. The van der Waals surface area contributed by atoms with Gasteiger partial charge in [-0.2, -0.15) is 80.4 Å². The third-order valence-corrected chi connectivity index (χ3v) is 27.9. The van der Waals surface area contributed by atoms with Gasteiger partial charge < -0.3 is 41.0 Å². The van der Waals surface area contributed by atoms with Crippen LogP contribution in [-0.4, -0.2) is 152 Å². The minimum absolute atomic E-state index is 0.0274. The van der Waals surface area contributed by atoms with E-state index in [2.05, 4.69) is 61.8 Å². The van der Waals surface area contributed by atoms with Gasteiger partial charge in [0.15, 0.2) is 23.1 Å². The van der Waals surface area contributed by atoms with E-state index < -0.39 is 181 Å². The summed E-state index contributed by atoms with van der Waals surface area (Å²) >= 11 is 12.9. The summed E-state index contributed by atoms with van der Waals surface area (Å²) in [6.45, 7) is 0. The fraction of sp³-hybridized carbons (Fsp3) is 0.190. The fourth-order valence-corrected chi connectivity index (χ4v) is 20.8. The second kappa shape index (κ2) is 32.0. The SMILES string of the molecule is Cn1c(=O)c(C(=O)c2cccc(S(=O)(=O)O)c2)c2c3c(c(Nc4cc(Nc5nc(Cl)nc(NC6CCC(CC7CCC(Nc8nc(Cl)nc(Nc9cc(Nc%10ccc%11c%12c%10C(=O)c%10ccccc%10-c%12c(C(=O)c%10cccc(S(=O)(=O)O)c%10)c(=O)n%11C)c(S(=O)(=O)O)cc9S(=O)(=O)O)n8)CC7)CC6)n5)c(S(=O)(=O)O)cc4S(=O)(=O)O)ccc31)C(=O)c1ccccc1-2. The summed E-state index contributed by atoms with van der Waals surface area (Å²) in [6, 6.07) is 27.6. The van der Waals surface area contributed by atoms with Gasteiger partial charge in [0.1, 0.15) is 19.6 Å². The largest absolute Gasteiger partial charge is 0.354 e. The molecule has 0 atom stereocenters. The Kier molecular flexibility index (Phi) is 22.1. The summed E-state index contributed by atoms with van der Waals surface area (Å²) in [7, 11) is -28.9. The predicted molar refractivity (Wildman–Crippen MR) is 454 cm³/mol. The summed E-state index contributed by atoms with van der Waals surface area (Å²) in [5.74, 6) is -3.95. The van der Waals surface area contributed by atoms with Crippen LogP contribution in [0, 0.1) is 11.8 Å². The van der Waals surface area contributed by atoms with Crippen molar-refractivity contribution in [2.45, 2.75) is 99.2 Å². The zero-order valence-electron chi connectivity index (χ0n) is 64.3. The maximum Gasteiger partial charge on any atom is 0.296 e. The Morgan fingerprint density at radius 1 is 0.368 bits per heavy atom. The molecular weight excluding hydrogens is 1790 g/mol. The second-order valence-electron chi connectivity index (χ2n) is 30.0. The molecule has 12 aromatic rings. The number of hydrogen-bond donors (Lipinski definition) is 12. The standard InChI is InChI=1S/C79H64Cl2N14O24S6/c1-94-54-27-25-48(62-64(54)60(44-13-3-5-15-46(44)70(62)98)66(72(94)100)68(96)38-9-7-11-42(30-38)120(102,103)104)84-50-32-52(58(124(114,115)116)34-56(50)122(108,109)110)86-78-90-74(80)88-76(92-78)82-40-21-17-36(18-22-40)29-37-19-23-41(24-20-37)83-77-89-75(81)91-79(93-77)87-53-33-51(57(123(111,112)113)35-59(53)125(117,118)119)85-49-26-28-55-65-61(45-14-4-6-16-47(45)71(99)63(49)65)67(73(101)95(55)2)69(97)39-10-8-12-43(31-39)121(105,106)107/h3-16,25-28,30-37,40-41,84-85H,17-24,29H2,1-2H3,(H,102,103,104)(H,105,106,107)(H,108,109,110)(H,111,112,113)(H,114,115,116)(H,117,118,119)(H2,82,86,88,90,92)(H2,83,87,89,91,93). The van der Waals surface area contributed by atoms with Crippen molar-refractivity contribution in [1.82, 2.24) is 39.0 Å². The van der Waals surface area contributed by atoms with E-state index in [9.17, 15) is 107 Å². The van der Waals surface area contributed by atoms with Crippen molar-refractivity contribution in [3.63, 3.8) is 0 Å². The molecule has 4 aromatic heterocycles. The molecule has 0 radical (unpaired) electrons. The lowest BCUT2D eigenvalue weighted by molar-refractivity contribution is 0.102. The maximum atomic E-state index is 14.9. The zero-order valence-corrected chi connectivity index (χ0v) is 70.8. The second-order valence-corrected chi connectivity index (χ2v) is 39.0. The number of carbonyl (C=O) groups excluding carboxylic acids is 4. The number of pyridine rings is 2. The van der Waals surface area contributed by atoms with E-state index in [0.717, 1.165) is 77.6 Å². The summed E-state index contributed by atoms with van der Waals surface area (Å²) in [6.07, 6.45) is 6.33. The smallest absolute Gasteiger partial charge is 0.296 e. The molecule has 2 fully saturated rings. The summed E-state index contributed by atoms with van der Waals surface area (Å²) in [5, 5.41) is 16.5. The van der Waals surface area contributed by atoms with Crippen LogP contribution in [0.2, 0.25) is 10.6 Å². The van der Waals surface area contributed by atoms with Crippen LogP contribution in [-0.2, 0) is 74.8 Å². The lowest BCUT2D eigenvalue weighted by Gasteiger charge is -2.34. The van der Waals surface area contributed by atoms with Crippen LogP contribution in [0.4, 0.5) is 57.9 Å². The van der Waals surface area contributed by atoms with Crippen LogP contribution >= 0.6 is 23.2 Å². The molecule has 4 heterocycles. The van der Waals surface area contributed by atoms with Crippen LogP contribution in [0.1, 0.15) is 121 Å². The monoisotopic (exact) mass is 1850 g/mol. The molecule has 12 N–H and O–H groups in total. The number of aryl methyl sites for hydroxylation is 2. The summed E-state index contributed by atoms with van der Waals surface area (Å²) < 4.78 is 219. The molecule has 46 heteroatoms. The molecule has 16 rings (SSSR count). The predicted octanol–water partition coefficient (Wildman–Crippen LogP) is 11.4. The minimum atomic E-state index is -5.46. The molecule has 2 saturated carbocycles. The molecule has 644 valence electrons. The number of halogens is 2. The highest BCUT2D eigenvalue weighted by atomic mass is 35.5. The van der Waals surface area contributed by atoms with E-state index in [0.29, 0.717) is 37.8 Å². The number of anilines is 10. The van der Waals surface area contributed by atoms with Gasteiger partial charge in [-0.05, 0) is 177 Å². The van der Waals surface area contributed by atoms with Crippen LogP contribution in [0.3, 0.4) is 0 Å². The summed E-state index contributed by atoms with van der Waals surface area (Å²) in [5.41, 5.74) is -6.80. The van der Waals surface area contributed by atoms with Crippen molar-refractivity contribution in [1.29, 1.82) is 0 Å². The van der Waals surface area contributed by atoms with Gasteiger partial charge in [-0.25, -0.2) is 0 Å². The van der Waals surface area contributed by atoms with Gasteiger partial charge >= 0.3 is 0 Å². The Hall–Kier alpha value is -12.3. The first-order chi connectivity index (χ1) is 58.9. The van der Waals surface area contributed by atoms with Gasteiger partial charge in [-0.15, -0.1) is 0 Å². The van der Waals surface area contributed by atoms with Crippen molar-refractivity contribution in [2.24, 2.45) is 25.9 Å². The number of aromatic nitrogens is 8. The maximum absolute atomic E-state index is 14.9. The van der Waals surface area contributed by atoms with Crippen molar-refractivity contribution in [2.75, 3.05) is 31.9 Å². The number of fused-ring (bicyclic) bond motifs is 4. The summed E-state index contributed by atoms with van der Waals surface area (Å²) in [4.78, 5) is 107. The third-order valence-electron chi connectivity index (χ3n) is 22.3. The van der Waals surface area contributed by atoms with Crippen molar-refractivity contribution in [3.8, 4) is 22.3 Å². The van der Waals surface area contributed by atoms with Gasteiger partial charge in [0.25, 0.3) is 71.8 Å². The third kappa shape index (κ3) is 16.7. The number of nitrogens with one attached hydrogen (secondary N) is 6. The average molecular weight is 1860 g/mol. The molecule has 8 aromatic carbocycles. The Labute approximate surface area is 718 Å². The Morgan fingerprint density at radius 2 is 0.696 bits per heavy atom. The molecule has 4 aliphatic rings. The normalized spacial score (nSPS) is 16.6. The average Bonchev–Trinajstić information content (AvgIpc) is 0.708. The molecule has 0 bridgehead atoms. The first-order valence-corrected chi connectivity index (χ1v) is 46.9. The van der Waals surface area contributed by atoms with Gasteiger partial charge in [-0.3, -0.25) is 56.1 Å². The lowest BCUT2D eigenvalue weighted by atomic mass is 9.75. The van der Waals surface area contributed by atoms with Gasteiger partial charge in [0, 0.05) is 70.3 Å². The van der Waals surface area contributed by atoms with Gasteiger partial charge in [-0.1, -0.05) is 72.8 Å². The molecule has 0 amide bonds. The number of benzene rings is 8. The Balaban J connectivity index is 0.599. The lowest BCUT2D eigenvalue weighted by Crippen LogP contribution is -2.30. The van der Waals surface area contributed by atoms with Crippen LogP contribution in [0.15, 0.2) is 185 Å². The molecule has 0 spiro atoms. The highest BCUT2D eigenvalue weighted by molar-refractivity contribution is 7.87. The van der Waals surface area contributed by atoms with Gasteiger partial charge in [0.2, 0.25) is 34.4 Å². The van der Waals surface area contributed by atoms with Gasteiger partial charge in [0.05, 0.1) is 77.2 Å². The topological polar surface area (TPSA) is 588 Å². The van der Waals surface area contributed by atoms with Crippen LogP contribution in [0.5, 0.6) is 0 Å². The first-order valence-electron chi connectivity index (χ1n) is 37.5. The van der Waals surface area contributed by atoms with E-state index >= 15 is 0 Å². The van der Waals surface area contributed by atoms with Crippen molar-refractivity contribution in [3.05, 3.63) is 221 Å². The molecule has 0 unspecified atom stereocenters. The van der Waals surface area contributed by atoms with E-state index in [-0.39, 0.29) is 125 Å². The van der Waals surface area contributed by atoms with Crippen molar-refractivity contribution >= 4 is 187 Å². The number of nitrogens with zero attached hydrogens (tertiary/aromatic N) is 8. The highest BCUT2D eigenvalue weighted by Gasteiger charge is 2.40. The van der Waals surface area contributed by atoms with Crippen molar-refractivity contribution < 1.29 is 97.0 Å². The van der Waals surface area contributed by atoms with Crippen LogP contribution in [0.25, 0.3) is 44.1 Å². The number of carbonyl (C=O) groups is 4. The Morgan fingerprint density at radius 3 is 1.03 bits per heavy atom. The molecule has 38 nitrogen and oxygen atoms in total. The highest BCUT2D eigenvalue weighted by Crippen LogP contribution is 2.49. The molecule has 4 aliphatic carbocycles. The zero-order chi connectivity index (χ0) is 89.4. The van der Waals surface area contributed by atoms with E-state index in [1.165, 1.54) is 111 Å².